The monoisotopic (exact) mass is 343 g/mol. The van der Waals surface area contributed by atoms with E-state index in [9.17, 15) is 9.59 Å². The van der Waals surface area contributed by atoms with Crippen LogP contribution in [0.5, 0.6) is 0 Å². The minimum absolute atomic E-state index is 0.0524. The standard InChI is InChI=1S/C19H25N3O3/c1-11(2)25-19(24)16-12(3)17(21-13(16)4)18(23)22-10-6-8-15(22)14-7-5-9-20-14/h5,7,9,11,15,20-21H,6,8,10H2,1-4H3/t15-/m1/s1. The highest BCUT2D eigenvalue weighted by atomic mass is 16.5. The molecule has 0 saturated carbocycles. The van der Waals surface area contributed by atoms with Crippen LogP contribution in [-0.4, -0.2) is 39.4 Å². The second-order valence-electron chi connectivity index (χ2n) is 6.86. The molecule has 2 N–H and O–H groups in total. The predicted octanol–water partition coefficient (Wildman–Crippen LogP) is 3.50. The van der Waals surface area contributed by atoms with E-state index in [2.05, 4.69) is 9.97 Å². The summed E-state index contributed by atoms with van der Waals surface area (Å²) in [5.74, 6) is -0.455. The van der Waals surface area contributed by atoms with Gasteiger partial charge >= 0.3 is 5.97 Å². The molecule has 2 aromatic heterocycles. The average Bonchev–Trinajstić information content (AvgIpc) is 3.24. The van der Waals surface area contributed by atoms with Crippen LogP contribution in [0.1, 0.15) is 70.5 Å². The third kappa shape index (κ3) is 3.21. The van der Waals surface area contributed by atoms with Crippen molar-refractivity contribution in [3.05, 3.63) is 46.5 Å². The molecule has 6 heteroatoms. The van der Waals surface area contributed by atoms with E-state index >= 15 is 0 Å². The fourth-order valence-electron chi connectivity index (χ4n) is 3.57. The molecule has 0 aromatic carbocycles. The molecule has 0 spiro atoms. The predicted molar refractivity (Wildman–Crippen MR) is 94.6 cm³/mol. The molecule has 1 aliphatic rings. The van der Waals surface area contributed by atoms with Gasteiger partial charge in [0.05, 0.1) is 17.7 Å². The van der Waals surface area contributed by atoms with Crippen LogP contribution in [0.3, 0.4) is 0 Å². The summed E-state index contributed by atoms with van der Waals surface area (Å²) in [4.78, 5) is 33.6. The first-order valence-corrected chi connectivity index (χ1v) is 8.74. The van der Waals surface area contributed by atoms with Crippen LogP contribution in [0.4, 0.5) is 0 Å². The van der Waals surface area contributed by atoms with Gasteiger partial charge in [-0.15, -0.1) is 0 Å². The first kappa shape index (κ1) is 17.3. The van der Waals surface area contributed by atoms with Crippen LogP contribution < -0.4 is 0 Å². The molecule has 1 saturated heterocycles. The van der Waals surface area contributed by atoms with Gasteiger partial charge in [-0.1, -0.05) is 0 Å². The molecule has 6 nitrogen and oxygen atoms in total. The smallest absolute Gasteiger partial charge is 0.340 e. The van der Waals surface area contributed by atoms with E-state index in [0.29, 0.717) is 29.1 Å². The summed E-state index contributed by atoms with van der Waals surface area (Å²) in [5, 5.41) is 0. The number of aromatic nitrogens is 2. The topological polar surface area (TPSA) is 78.2 Å². The normalized spacial score (nSPS) is 17.3. The lowest BCUT2D eigenvalue weighted by atomic mass is 10.1. The summed E-state index contributed by atoms with van der Waals surface area (Å²) < 4.78 is 5.31. The molecule has 0 bridgehead atoms. The number of nitrogens with zero attached hydrogens (tertiary/aromatic N) is 1. The Hall–Kier alpha value is -2.50. The number of aromatic amines is 2. The number of carbonyl (C=O) groups is 2. The molecule has 3 heterocycles. The first-order valence-electron chi connectivity index (χ1n) is 8.74. The lowest BCUT2D eigenvalue weighted by Crippen LogP contribution is -2.31. The highest BCUT2D eigenvalue weighted by Gasteiger charge is 2.34. The van der Waals surface area contributed by atoms with Gasteiger partial charge in [0.15, 0.2) is 0 Å². The highest BCUT2D eigenvalue weighted by molar-refractivity contribution is 6.00. The first-order chi connectivity index (χ1) is 11.9. The molecular formula is C19H25N3O3. The van der Waals surface area contributed by atoms with Crippen molar-refractivity contribution in [1.82, 2.24) is 14.9 Å². The van der Waals surface area contributed by atoms with Crippen molar-refractivity contribution in [2.24, 2.45) is 0 Å². The Morgan fingerprint density at radius 3 is 2.72 bits per heavy atom. The molecule has 1 atom stereocenters. The van der Waals surface area contributed by atoms with Gasteiger partial charge in [0.1, 0.15) is 5.69 Å². The maximum Gasteiger partial charge on any atom is 0.340 e. The fourth-order valence-corrected chi connectivity index (χ4v) is 3.57. The van der Waals surface area contributed by atoms with Crippen LogP contribution >= 0.6 is 0 Å². The quantitative estimate of drug-likeness (QED) is 0.834. The molecule has 25 heavy (non-hydrogen) atoms. The Balaban J connectivity index is 1.89. The zero-order chi connectivity index (χ0) is 18.1. The lowest BCUT2D eigenvalue weighted by Gasteiger charge is -2.24. The molecule has 3 rings (SSSR count). The van der Waals surface area contributed by atoms with Gasteiger partial charge in [-0.25, -0.2) is 4.79 Å². The van der Waals surface area contributed by atoms with E-state index in [4.69, 9.17) is 4.74 Å². The highest BCUT2D eigenvalue weighted by Crippen LogP contribution is 2.33. The molecule has 0 radical (unpaired) electrons. The van der Waals surface area contributed by atoms with Crippen molar-refractivity contribution >= 4 is 11.9 Å². The summed E-state index contributed by atoms with van der Waals surface area (Å²) >= 11 is 0. The Labute approximate surface area is 147 Å². The maximum atomic E-state index is 13.1. The Morgan fingerprint density at radius 1 is 1.32 bits per heavy atom. The third-order valence-corrected chi connectivity index (χ3v) is 4.69. The zero-order valence-electron chi connectivity index (χ0n) is 15.2. The number of carbonyl (C=O) groups excluding carboxylic acids is 2. The fraction of sp³-hybridized carbons (Fsp3) is 0.474. The van der Waals surface area contributed by atoms with Gasteiger partial charge in [-0.2, -0.15) is 0 Å². The zero-order valence-corrected chi connectivity index (χ0v) is 15.2. The molecular weight excluding hydrogens is 318 g/mol. The number of likely N-dealkylation sites (tertiary alicyclic amines) is 1. The van der Waals surface area contributed by atoms with Crippen LogP contribution in [0.2, 0.25) is 0 Å². The summed E-state index contributed by atoms with van der Waals surface area (Å²) in [5.41, 5.74) is 3.32. The van der Waals surface area contributed by atoms with E-state index in [1.54, 1.807) is 13.8 Å². The second-order valence-corrected chi connectivity index (χ2v) is 6.86. The van der Waals surface area contributed by atoms with Crippen molar-refractivity contribution in [1.29, 1.82) is 0 Å². The average molecular weight is 343 g/mol. The van der Waals surface area contributed by atoms with Crippen LogP contribution in [0.25, 0.3) is 0 Å². The van der Waals surface area contributed by atoms with Gasteiger partial charge in [-0.3, -0.25) is 4.79 Å². The SMILES string of the molecule is Cc1[nH]c(C(=O)N2CCC[C@@H]2c2ccc[nH]2)c(C)c1C(=O)OC(C)C. The van der Waals surface area contributed by atoms with Crippen molar-refractivity contribution < 1.29 is 14.3 Å². The molecule has 0 unspecified atom stereocenters. The number of hydrogen-bond acceptors (Lipinski definition) is 3. The van der Waals surface area contributed by atoms with Gasteiger partial charge in [0.25, 0.3) is 5.91 Å². The van der Waals surface area contributed by atoms with E-state index in [1.165, 1.54) is 0 Å². The van der Waals surface area contributed by atoms with Crippen molar-refractivity contribution in [2.45, 2.75) is 52.7 Å². The molecule has 1 fully saturated rings. The van der Waals surface area contributed by atoms with E-state index in [0.717, 1.165) is 18.5 Å². The van der Waals surface area contributed by atoms with E-state index < -0.39 is 0 Å². The number of rotatable bonds is 4. The summed E-state index contributed by atoms with van der Waals surface area (Å²) in [6.07, 6.45) is 3.58. The van der Waals surface area contributed by atoms with Crippen molar-refractivity contribution in [3.63, 3.8) is 0 Å². The Kier molecular flexibility index (Phi) is 4.70. The van der Waals surface area contributed by atoms with Crippen LogP contribution in [-0.2, 0) is 4.74 Å². The number of aryl methyl sites for hydroxylation is 1. The molecule has 0 aliphatic carbocycles. The Bertz CT molecular complexity index is 774. The van der Waals surface area contributed by atoms with E-state index in [1.807, 2.05) is 37.1 Å². The lowest BCUT2D eigenvalue weighted by molar-refractivity contribution is 0.0376. The minimum atomic E-state index is -0.386. The van der Waals surface area contributed by atoms with Gasteiger partial charge < -0.3 is 19.6 Å². The summed E-state index contributed by atoms with van der Waals surface area (Å²) in [6, 6.07) is 4.01. The number of H-pyrrole nitrogens is 2. The van der Waals surface area contributed by atoms with Crippen molar-refractivity contribution in [3.8, 4) is 0 Å². The van der Waals surface area contributed by atoms with Crippen molar-refractivity contribution in [2.75, 3.05) is 6.54 Å². The molecule has 1 aliphatic heterocycles. The number of ether oxygens (including phenoxy) is 1. The van der Waals surface area contributed by atoms with Gasteiger partial charge in [0.2, 0.25) is 0 Å². The van der Waals surface area contributed by atoms with Gasteiger partial charge in [-0.05, 0) is 58.2 Å². The van der Waals surface area contributed by atoms with Gasteiger partial charge in [0, 0.05) is 24.1 Å². The number of amides is 1. The maximum absolute atomic E-state index is 13.1. The summed E-state index contributed by atoms with van der Waals surface area (Å²) in [6.45, 7) is 7.94. The Morgan fingerprint density at radius 2 is 2.08 bits per heavy atom. The molecule has 1 amide bonds. The van der Waals surface area contributed by atoms with E-state index in [-0.39, 0.29) is 24.0 Å². The van der Waals surface area contributed by atoms with Crippen LogP contribution in [0, 0.1) is 13.8 Å². The molecule has 134 valence electrons. The number of esters is 1. The molecule has 2 aromatic rings. The summed E-state index contributed by atoms with van der Waals surface area (Å²) in [7, 11) is 0. The second kappa shape index (κ2) is 6.78. The largest absolute Gasteiger partial charge is 0.459 e. The number of nitrogens with one attached hydrogen (secondary N) is 2. The number of hydrogen-bond donors (Lipinski definition) is 2. The minimum Gasteiger partial charge on any atom is -0.459 e. The van der Waals surface area contributed by atoms with Crippen LogP contribution in [0.15, 0.2) is 18.3 Å². The third-order valence-electron chi connectivity index (χ3n) is 4.69.